The largest absolute Gasteiger partial charge is 0.338 e. The second-order valence-electron chi connectivity index (χ2n) is 5.86. The van der Waals surface area contributed by atoms with Crippen LogP contribution in [0.15, 0.2) is 46.9 Å². The van der Waals surface area contributed by atoms with Gasteiger partial charge >= 0.3 is 0 Å². The fourth-order valence-corrected chi connectivity index (χ4v) is 3.14. The average molecular weight is 387 g/mol. The van der Waals surface area contributed by atoms with E-state index < -0.39 is 0 Å². The van der Waals surface area contributed by atoms with E-state index in [0.717, 1.165) is 28.7 Å². The van der Waals surface area contributed by atoms with E-state index in [1.807, 2.05) is 42.2 Å². The van der Waals surface area contributed by atoms with Crippen LogP contribution in [0.25, 0.3) is 0 Å². The first-order chi connectivity index (χ1) is 11.6. The van der Waals surface area contributed by atoms with Crippen molar-refractivity contribution < 1.29 is 9.59 Å². The van der Waals surface area contributed by atoms with Crippen LogP contribution in [0, 0.1) is 0 Å². The Hall–Kier alpha value is -2.14. The Morgan fingerprint density at radius 1 is 1.12 bits per heavy atom. The molecule has 4 nitrogen and oxygen atoms in total. The van der Waals surface area contributed by atoms with Gasteiger partial charge in [-0.05, 0) is 53.9 Å². The first-order valence-corrected chi connectivity index (χ1v) is 8.82. The van der Waals surface area contributed by atoms with Gasteiger partial charge in [0, 0.05) is 35.2 Å². The summed E-state index contributed by atoms with van der Waals surface area (Å²) in [4.78, 5) is 26.1. The SMILES string of the molecule is CCC(=O)N1CCc2ccc(NC(=O)c3ccc(Br)cc3)cc2C1. The second kappa shape index (κ2) is 7.18. The molecule has 2 aromatic rings. The number of amides is 2. The van der Waals surface area contributed by atoms with Crippen molar-refractivity contribution in [3.8, 4) is 0 Å². The lowest BCUT2D eigenvalue weighted by Crippen LogP contribution is -2.35. The number of fused-ring (bicyclic) bond motifs is 1. The van der Waals surface area contributed by atoms with Crippen LogP contribution in [0.1, 0.15) is 34.8 Å². The van der Waals surface area contributed by atoms with Crippen molar-refractivity contribution in [1.82, 2.24) is 4.90 Å². The van der Waals surface area contributed by atoms with E-state index in [4.69, 9.17) is 0 Å². The molecular weight excluding hydrogens is 368 g/mol. The third kappa shape index (κ3) is 3.67. The Morgan fingerprint density at radius 2 is 1.88 bits per heavy atom. The van der Waals surface area contributed by atoms with Gasteiger partial charge in [0.25, 0.3) is 5.91 Å². The van der Waals surface area contributed by atoms with Gasteiger partial charge in [-0.1, -0.05) is 28.9 Å². The Kier molecular flexibility index (Phi) is 5.00. The lowest BCUT2D eigenvalue weighted by atomic mass is 9.98. The Bertz CT molecular complexity index is 771. The van der Waals surface area contributed by atoms with E-state index in [1.54, 1.807) is 12.1 Å². The van der Waals surface area contributed by atoms with Gasteiger partial charge < -0.3 is 10.2 Å². The number of halogens is 1. The molecule has 0 fully saturated rings. The number of carbonyl (C=O) groups excluding carboxylic acids is 2. The Morgan fingerprint density at radius 3 is 2.58 bits per heavy atom. The summed E-state index contributed by atoms with van der Waals surface area (Å²) in [5.41, 5.74) is 3.72. The monoisotopic (exact) mass is 386 g/mol. The van der Waals surface area contributed by atoms with E-state index in [2.05, 4.69) is 21.2 Å². The van der Waals surface area contributed by atoms with Crippen molar-refractivity contribution in [2.45, 2.75) is 26.3 Å². The van der Waals surface area contributed by atoms with Crippen LogP contribution in [0.2, 0.25) is 0 Å². The van der Waals surface area contributed by atoms with Crippen LogP contribution in [0.5, 0.6) is 0 Å². The van der Waals surface area contributed by atoms with Gasteiger partial charge in [0.15, 0.2) is 0 Å². The molecule has 0 spiro atoms. The molecule has 0 saturated carbocycles. The molecule has 0 saturated heterocycles. The molecule has 2 aromatic carbocycles. The van der Waals surface area contributed by atoms with Gasteiger partial charge in [0.05, 0.1) is 0 Å². The zero-order valence-corrected chi connectivity index (χ0v) is 15.1. The predicted molar refractivity (Wildman–Crippen MR) is 97.9 cm³/mol. The quantitative estimate of drug-likeness (QED) is 0.866. The maximum Gasteiger partial charge on any atom is 0.255 e. The molecule has 0 aliphatic carbocycles. The molecule has 0 aromatic heterocycles. The van der Waals surface area contributed by atoms with Crippen LogP contribution in [-0.4, -0.2) is 23.3 Å². The zero-order chi connectivity index (χ0) is 17.1. The number of nitrogens with one attached hydrogen (secondary N) is 1. The highest BCUT2D eigenvalue weighted by atomic mass is 79.9. The minimum absolute atomic E-state index is 0.139. The maximum atomic E-state index is 12.3. The van der Waals surface area contributed by atoms with Crippen molar-refractivity contribution in [3.63, 3.8) is 0 Å². The predicted octanol–water partition coefficient (Wildman–Crippen LogP) is 4.00. The summed E-state index contributed by atoms with van der Waals surface area (Å²) in [5.74, 6) is 0.0321. The Balaban J connectivity index is 1.75. The zero-order valence-electron chi connectivity index (χ0n) is 13.5. The molecule has 0 unspecified atom stereocenters. The van der Waals surface area contributed by atoms with E-state index in [0.29, 0.717) is 18.5 Å². The third-order valence-electron chi connectivity index (χ3n) is 4.24. The standard InChI is InChI=1S/C19H19BrN2O2/c1-2-18(23)22-10-9-13-5-8-17(11-15(13)12-22)21-19(24)14-3-6-16(20)7-4-14/h3-8,11H,2,9-10,12H2,1H3,(H,21,24). The smallest absolute Gasteiger partial charge is 0.255 e. The first kappa shape index (κ1) is 16.7. The van der Waals surface area contributed by atoms with E-state index in [9.17, 15) is 9.59 Å². The van der Waals surface area contributed by atoms with Crippen LogP contribution in [-0.2, 0) is 17.8 Å². The van der Waals surface area contributed by atoms with E-state index >= 15 is 0 Å². The second-order valence-corrected chi connectivity index (χ2v) is 6.78. The number of anilines is 1. The molecule has 1 aliphatic heterocycles. The molecule has 24 heavy (non-hydrogen) atoms. The number of hydrogen-bond acceptors (Lipinski definition) is 2. The first-order valence-electron chi connectivity index (χ1n) is 8.03. The van der Waals surface area contributed by atoms with Gasteiger partial charge in [-0.15, -0.1) is 0 Å². The van der Waals surface area contributed by atoms with E-state index in [1.165, 1.54) is 5.56 Å². The van der Waals surface area contributed by atoms with Crippen molar-refractivity contribution >= 4 is 33.4 Å². The molecule has 5 heteroatoms. The normalized spacial score (nSPS) is 13.3. The van der Waals surface area contributed by atoms with Crippen LogP contribution in [0.4, 0.5) is 5.69 Å². The van der Waals surface area contributed by atoms with Gasteiger partial charge in [-0.25, -0.2) is 0 Å². The minimum Gasteiger partial charge on any atom is -0.338 e. The summed E-state index contributed by atoms with van der Waals surface area (Å²) >= 11 is 3.36. The lowest BCUT2D eigenvalue weighted by Gasteiger charge is -2.29. The summed E-state index contributed by atoms with van der Waals surface area (Å²) in [6.07, 6.45) is 1.39. The number of carbonyl (C=O) groups is 2. The summed E-state index contributed by atoms with van der Waals surface area (Å²) < 4.78 is 0.938. The summed E-state index contributed by atoms with van der Waals surface area (Å²) in [7, 11) is 0. The summed E-state index contributed by atoms with van der Waals surface area (Å²) in [6.45, 7) is 3.26. The Labute approximate surface area is 150 Å². The topological polar surface area (TPSA) is 49.4 Å². The van der Waals surface area contributed by atoms with E-state index in [-0.39, 0.29) is 11.8 Å². The molecule has 0 radical (unpaired) electrons. The fraction of sp³-hybridized carbons (Fsp3) is 0.263. The van der Waals surface area contributed by atoms with Crippen molar-refractivity contribution in [2.24, 2.45) is 0 Å². The molecule has 1 N–H and O–H groups in total. The van der Waals surface area contributed by atoms with Crippen LogP contribution < -0.4 is 5.32 Å². The molecule has 1 aliphatic rings. The summed E-state index contributed by atoms with van der Waals surface area (Å²) in [5, 5.41) is 2.93. The van der Waals surface area contributed by atoms with Crippen molar-refractivity contribution in [1.29, 1.82) is 0 Å². The number of hydrogen-bond donors (Lipinski definition) is 1. The summed E-state index contributed by atoms with van der Waals surface area (Å²) in [6, 6.07) is 13.2. The van der Waals surface area contributed by atoms with Crippen LogP contribution in [0.3, 0.4) is 0 Å². The van der Waals surface area contributed by atoms with Gasteiger partial charge in [0.2, 0.25) is 5.91 Å². The van der Waals surface area contributed by atoms with Crippen LogP contribution >= 0.6 is 15.9 Å². The molecule has 0 atom stereocenters. The number of benzene rings is 2. The highest BCUT2D eigenvalue weighted by molar-refractivity contribution is 9.10. The van der Waals surface area contributed by atoms with Gasteiger partial charge in [0.1, 0.15) is 0 Å². The highest BCUT2D eigenvalue weighted by Gasteiger charge is 2.20. The fourth-order valence-electron chi connectivity index (χ4n) is 2.88. The maximum absolute atomic E-state index is 12.3. The third-order valence-corrected chi connectivity index (χ3v) is 4.77. The van der Waals surface area contributed by atoms with Gasteiger partial charge in [-0.2, -0.15) is 0 Å². The average Bonchev–Trinajstić information content (AvgIpc) is 2.61. The highest BCUT2D eigenvalue weighted by Crippen LogP contribution is 2.23. The lowest BCUT2D eigenvalue weighted by molar-refractivity contribution is -0.131. The molecule has 0 bridgehead atoms. The molecule has 124 valence electrons. The molecule has 1 heterocycles. The van der Waals surface area contributed by atoms with Crippen molar-refractivity contribution in [2.75, 3.05) is 11.9 Å². The molecule has 3 rings (SSSR count). The minimum atomic E-state index is -0.139. The van der Waals surface area contributed by atoms with Crippen molar-refractivity contribution in [3.05, 3.63) is 63.6 Å². The molecule has 2 amide bonds. The number of nitrogens with zero attached hydrogens (tertiary/aromatic N) is 1. The number of rotatable bonds is 3. The van der Waals surface area contributed by atoms with Gasteiger partial charge in [-0.3, -0.25) is 9.59 Å². The molecular formula is C19H19BrN2O2.